The molecule has 0 radical (unpaired) electrons. The third-order valence-electron chi connectivity index (χ3n) is 3.68. The number of benzene rings is 1. The Morgan fingerprint density at radius 3 is 2.50 bits per heavy atom. The molecule has 1 aromatic rings. The molecule has 2 rings (SSSR count). The number of Topliss-reactive ketones (excluding diaryl/α,β-unsaturated/α-hetero) is 1. The smallest absolute Gasteiger partial charge is 0.320 e. The highest BCUT2D eigenvalue weighted by atomic mass is 16.5. The molecule has 1 fully saturated rings. The van der Waals surface area contributed by atoms with E-state index < -0.39 is 11.4 Å². The van der Waals surface area contributed by atoms with Crippen LogP contribution in [0.25, 0.3) is 0 Å². The van der Waals surface area contributed by atoms with Gasteiger partial charge in [-0.3, -0.25) is 14.4 Å². The first-order valence-electron chi connectivity index (χ1n) is 6.45. The highest BCUT2D eigenvalue weighted by Gasteiger charge is 2.47. The Morgan fingerprint density at radius 2 is 1.90 bits per heavy atom. The number of nitrogens with zero attached hydrogens (tertiary/aromatic N) is 1. The quantitative estimate of drug-likeness (QED) is 0.602. The molecule has 1 aromatic carbocycles. The lowest BCUT2D eigenvalue weighted by Gasteiger charge is -2.37. The summed E-state index contributed by atoms with van der Waals surface area (Å²) in [5.74, 6) is -0.942. The minimum absolute atomic E-state index is 0.0617. The molecule has 0 N–H and O–H groups in total. The summed E-state index contributed by atoms with van der Waals surface area (Å²) in [5, 5.41) is 0. The van der Waals surface area contributed by atoms with E-state index in [2.05, 4.69) is 0 Å². The van der Waals surface area contributed by atoms with Gasteiger partial charge in [0, 0.05) is 25.1 Å². The first-order valence-corrected chi connectivity index (χ1v) is 6.45. The molecule has 20 heavy (non-hydrogen) atoms. The van der Waals surface area contributed by atoms with Crippen molar-refractivity contribution >= 4 is 17.7 Å². The monoisotopic (exact) mass is 275 g/mol. The topological polar surface area (TPSA) is 63.7 Å². The number of carbonyl (C=O) groups excluding carboxylic acids is 3. The van der Waals surface area contributed by atoms with Gasteiger partial charge < -0.3 is 9.64 Å². The zero-order chi connectivity index (χ0) is 14.8. The van der Waals surface area contributed by atoms with Crippen molar-refractivity contribution in [2.45, 2.75) is 13.3 Å². The summed E-state index contributed by atoms with van der Waals surface area (Å²) in [6, 6.07) is 8.82. The number of hydrogen-bond acceptors (Lipinski definition) is 4. The lowest BCUT2D eigenvalue weighted by Crippen LogP contribution is -2.54. The second kappa shape index (κ2) is 5.45. The standard InChI is InChI=1S/C15H17NO4/c1-15(14(19)20-2)10-16(9-8-12(15)17)13(18)11-6-4-3-5-7-11/h3-7H,8-10H2,1-2H3/t15-/m1/s1. The molecule has 1 aliphatic heterocycles. The fourth-order valence-corrected chi connectivity index (χ4v) is 2.40. The summed E-state index contributed by atoms with van der Waals surface area (Å²) in [6.45, 7) is 1.93. The summed E-state index contributed by atoms with van der Waals surface area (Å²) in [5.41, 5.74) is -0.716. The zero-order valence-electron chi connectivity index (χ0n) is 11.6. The SMILES string of the molecule is COC(=O)[C@]1(C)CN(C(=O)c2ccccc2)CCC1=O. The number of amides is 1. The average molecular weight is 275 g/mol. The minimum Gasteiger partial charge on any atom is -0.468 e. The van der Waals surface area contributed by atoms with Gasteiger partial charge in [-0.25, -0.2) is 0 Å². The van der Waals surface area contributed by atoms with E-state index in [0.29, 0.717) is 12.1 Å². The van der Waals surface area contributed by atoms with Crippen LogP contribution in [0.2, 0.25) is 0 Å². The van der Waals surface area contributed by atoms with Gasteiger partial charge in [-0.2, -0.15) is 0 Å². The van der Waals surface area contributed by atoms with Crippen molar-refractivity contribution in [1.29, 1.82) is 0 Å². The summed E-state index contributed by atoms with van der Waals surface area (Å²) in [6.07, 6.45) is 0.171. The number of ketones is 1. The van der Waals surface area contributed by atoms with Gasteiger partial charge in [0.1, 0.15) is 5.41 Å². The van der Waals surface area contributed by atoms with E-state index in [9.17, 15) is 14.4 Å². The Balaban J connectivity index is 2.21. The Labute approximate surface area is 117 Å². The fraction of sp³-hybridized carbons (Fsp3) is 0.400. The van der Waals surface area contributed by atoms with E-state index in [1.165, 1.54) is 18.9 Å². The zero-order valence-corrected chi connectivity index (χ0v) is 11.6. The predicted octanol–water partition coefficient (Wildman–Crippen LogP) is 1.28. The van der Waals surface area contributed by atoms with E-state index in [0.717, 1.165) is 0 Å². The second-order valence-corrected chi connectivity index (χ2v) is 5.09. The Kier molecular flexibility index (Phi) is 3.88. The molecule has 0 saturated carbocycles. The average Bonchev–Trinajstić information content (AvgIpc) is 2.49. The van der Waals surface area contributed by atoms with Gasteiger partial charge in [-0.15, -0.1) is 0 Å². The maximum absolute atomic E-state index is 12.4. The van der Waals surface area contributed by atoms with Gasteiger partial charge in [0.05, 0.1) is 7.11 Å². The lowest BCUT2D eigenvalue weighted by molar-refractivity contribution is -0.159. The maximum atomic E-state index is 12.4. The molecule has 0 bridgehead atoms. The maximum Gasteiger partial charge on any atom is 0.320 e. The lowest BCUT2D eigenvalue weighted by atomic mass is 9.80. The second-order valence-electron chi connectivity index (χ2n) is 5.09. The number of hydrogen-bond donors (Lipinski definition) is 0. The molecule has 0 aromatic heterocycles. The number of piperidine rings is 1. The molecule has 0 unspecified atom stereocenters. The van der Waals surface area contributed by atoms with E-state index >= 15 is 0 Å². The molecule has 5 nitrogen and oxygen atoms in total. The highest BCUT2D eigenvalue weighted by molar-refractivity contribution is 6.06. The van der Waals surface area contributed by atoms with Crippen LogP contribution in [-0.2, 0) is 14.3 Å². The number of esters is 1. The summed E-state index contributed by atoms with van der Waals surface area (Å²) in [7, 11) is 1.25. The van der Waals surface area contributed by atoms with E-state index in [1.807, 2.05) is 6.07 Å². The van der Waals surface area contributed by atoms with Crippen molar-refractivity contribution in [2.24, 2.45) is 5.41 Å². The first kappa shape index (κ1) is 14.2. The van der Waals surface area contributed by atoms with Crippen molar-refractivity contribution < 1.29 is 19.1 Å². The van der Waals surface area contributed by atoms with Crippen molar-refractivity contribution in [3.63, 3.8) is 0 Å². The van der Waals surface area contributed by atoms with Crippen LogP contribution in [0.15, 0.2) is 30.3 Å². The molecule has 1 aliphatic rings. The van der Waals surface area contributed by atoms with Crippen LogP contribution in [0.3, 0.4) is 0 Å². The highest BCUT2D eigenvalue weighted by Crippen LogP contribution is 2.28. The van der Waals surface area contributed by atoms with Crippen LogP contribution in [0.4, 0.5) is 0 Å². The van der Waals surface area contributed by atoms with Crippen LogP contribution in [0.5, 0.6) is 0 Å². The molecule has 5 heteroatoms. The van der Waals surface area contributed by atoms with E-state index in [4.69, 9.17) is 4.74 Å². The van der Waals surface area contributed by atoms with Crippen LogP contribution in [0.1, 0.15) is 23.7 Å². The summed E-state index contributed by atoms with van der Waals surface area (Å²) in [4.78, 5) is 37.7. The van der Waals surface area contributed by atoms with Crippen molar-refractivity contribution in [1.82, 2.24) is 4.90 Å². The number of methoxy groups -OCH3 is 1. The van der Waals surface area contributed by atoms with E-state index in [1.54, 1.807) is 24.3 Å². The Hall–Kier alpha value is -2.17. The van der Waals surface area contributed by atoms with Crippen LogP contribution >= 0.6 is 0 Å². The van der Waals surface area contributed by atoms with Crippen molar-refractivity contribution in [3.05, 3.63) is 35.9 Å². The molecular formula is C15H17NO4. The summed E-state index contributed by atoms with van der Waals surface area (Å²) >= 11 is 0. The third kappa shape index (κ3) is 2.43. The number of likely N-dealkylation sites (tertiary alicyclic amines) is 1. The normalized spacial score (nSPS) is 22.5. The molecule has 1 amide bonds. The number of rotatable bonds is 2. The van der Waals surface area contributed by atoms with Gasteiger partial charge in [0.15, 0.2) is 5.78 Å². The van der Waals surface area contributed by atoms with Gasteiger partial charge in [-0.05, 0) is 19.1 Å². The predicted molar refractivity (Wildman–Crippen MR) is 72.1 cm³/mol. The van der Waals surface area contributed by atoms with Gasteiger partial charge in [0.25, 0.3) is 5.91 Å². The molecule has 1 saturated heterocycles. The Morgan fingerprint density at radius 1 is 1.25 bits per heavy atom. The molecule has 1 heterocycles. The molecule has 0 spiro atoms. The summed E-state index contributed by atoms with van der Waals surface area (Å²) < 4.78 is 4.70. The van der Waals surface area contributed by atoms with Crippen molar-refractivity contribution in [2.75, 3.05) is 20.2 Å². The van der Waals surface area contributed by atoms with Gasteiger partial charge in [0.2, 0.25) is 0 Å². The van der Waals surface area contributed by atoms with Crippen LogP contribution in [0, 0.1) is 5.41 Å². The largest absolute Gasteiger partial charge is 0.468 e. The minimum atomic E-state index is -1.27. The van der Waals surface area contributed by atoms with Crippen molar-refractivity contribution in [3.8, 4) is 0 Å². The Bertz CT molecular complexity index is 530. The third-order valence-corrected chi connectivity index (χ3v) is 3.68. The molecular weight excluding hydrogens is 258 g/mol. The number of ether oxygens (including phenoxy) is 1. The molecule has 106 valence electrons. The van der Waals surface area contributed by atoms with Crippen LogP contribution < -0.4 is 0 Å². The molecule has 1 atom stereocenters. The fourth-order valence-electron chi connectivity index (χ4n) is 2.40. The van der Waals surface area contributed by atoms with E-state index in [-0.39, 0.29) is 24.7 Å². The molecule has 0 aliphatic carbocycles. The number of carbonyl (C=O) groups is 3. The first-order chi connectivity index (χ1) is 9.49. The van der Waals surface area contributed by atoms with Gasteiger partial charge in [-0.1, -0.05) is 18.2 Å². The van der Waals surface area contributed by atoms with Crippen LogP contribution in [-0.4, -0.2) is 42.8 Å². The van der Waals surface area contributed by atoms with Gasteiger partial charge >= 0.3 is 5.97 Å².